The minimum atomic E-state index is -0.611. The molecule has 134 valence electrons. The maximum Gasteiger partial charge on any atom is 0.258 e. The number of amides is 1. The second-order valence-electron chi connectivity index (χ2n) is 5.73. The number of hydrogen-bond donors (Lipinski definition) is 1. The van der Waals surface area contributed by atoms with E-state index >= 15 is 0 Å². The molecular formula is C22H15F2NO2. The van der Waals surface area contributed by atoms with Gasteiger partial charge in [0.1, 0.15) is 11.6 Å². The summed E-state index contributed by atoms with van der Waals surface area (Å²) in [7, 11) is 0. The summed E-state index contributed by atoms with van der Waals surface area (Å²) in [4.78, 5) is 24.3. The number of benzene rings is 3. The first kappa shape index (κ1) is 18.2. The highest BCUT2D eigenvalue weighted by atomic mass is 19.1. The summed E-state index contributed by atoms with van der Waals surface area (Å²) in [6.45, 7) is 0. The fourth-order valence-electron chi connectivity index (χ4n) is 2.43. The van der Waals surface area contributed by atoms with Gasteiger partial charge in [-0.25, -0.2) is 8.78 Å². The van der Waals surface area contributed by atoms with Crippen LogP contribution in [0.2, 0.25) is 0 Å². The number of carbonyl (C=O) groups is 2. The van der Waals surface area contributed by atoms with Crippen molar-refractivity contribution in [2.24, 2.45) is 0 Å². The summed E-state index contributed by atoms with van der Waals surface area (Å²) < 4.78 is 27.2. The van der Waals surface area contributed by atoms with Crippen molar-refractivity contribution in [3.8, 4) is 0 Å². The molecular weight excluding hydrogens is 348 g/mol. The van der Waals surface area contributed by atoms with E-state index in [0.29, 0.717) is 16.8 Å². The highest BCUT2D eigenvalue weighted by Gasteiger charge is 2.11. The summed E-state index contributed by atoms with van der Waals surface area (Å²) in [5, 5.41) is 2.57. The van der Waals surface area contributed by atoms with E-state index in [1.54, 1.807) is 36.4 Å². The zero-order chi connectivity index (χ0) is 19.2. The maximum atomic E-state index is 13.6. The number of hydrogen-bond acceptors (Lipinski definition) is 2. The highest BCUT2D eigenvalue weighted by molar-refractivity contribution is 6.08. The van der Waals surface area contributed by atoms with Crippen LogP contribution < -0.4 is 5.32 Å². The lowest BCUT2D eigenvalue weighted by Gasteiger charge is -2.06. The summed E-state index contributed by atoms with van der Waals surface area (Å²) in [5.74, 6) is -1.90. The molecule has 0 unspecified atom stereocenters. The normalized spacial score (nSPS) is 10.7. The van der Waals surface area contributed by atoms with Gasteiger partial charge in [0.25, 0.3) is 5.91 Å². The molecule has 27 heavy (non-hydrogen) atoms. The molecule has 0 saturated carbocycles. The van der Waals surface area contributed by atoms with Gasteiger partial charge in [-0.05, 0) is 54.6 Å². The van der Waals surface area contributed by atoms with Crippen LogP contribution in [0.4, 0.5) is 14.5 Å². The molecule has 3 rings (SSSR count). The molecule has 3 nitrogen and oxygen atoms in total. The minimum Gasteiger partial charge on any atom is -0.322 e. The van der Waals surface area contributed by atoms with Crippen LogP contribution in [0.15, 0.2) is 78.9 Å². The smallest absolute Gasteiger partial charge is 0.258 e. The molecule has 1 N–H and O–H groups in total. The lowest BCUT2D eigenvalue weighted by Crippen LogP contribution is -2.13. The quantitative estimate of drug-likeness (QED) is 0.506. The van der Waals surface area contributed by atoms with Crippen LogP contribution in [0.1, 0.15) is 26.3 Å². The van der Waals surface area contributed by atoms with Crippen LogP contribution in [0.25, 0.3) is 6.08 Å². The molecule has 0 saturated heterocycles. The molecule has 0 aliphatic heterocycles. The van der Waals surface area contributed by atoms with Crippen molar-refractivity contribution >= 4 is 23.5 Å². The van der Waals surface area contributed by atoms with Gasteiger partial charge >= 0.3 is 0 Å². The fraction of sp³-hybridized carbons (Fsp3) is 0. The zero-order valence-electron chi connectivity index (χ0n) is 14.2. The maximum absolute atomic E-state index is 13.6. The van der Waals surface area contributed by atoms with Crippen LogP contribution in [0.5, 0.6) is 0 Å². The Hall–Kier alpha value is -3.60. The third-order valence-electron chi connectivity index (χ3n) is 3.87. The molecule has 0 aromatic heterocycles. The molecule has 0 fully saturated rings. The molecule has 0 bridgehead atoms. The average Bonchev–Trinajstić information content (AvgIpc) is 2.68. The Balaban J connectivity index is 1.68. The molecule has 3 aromatic rings. The Kier molecular flexibility index (Phi) is 5.52. The average molecular weight is 363 g/mol. The first-order valence-corrected chi connectivity index (χ1v) is 8.17. The van der Waals surface area contributed by atoms with E-state index in [1.165, 1.54) is 48.6 Å². The van der Waals surface area contributed by atoms with Crippen LogP contribution in [0, 0.1) is 11.6 Å². The Bertz CT molecular complexity index is 1010. The van der Waals surface area contributed by atoms with Crippen molar-refractivity contribution < 1.29 is 18.4 Å². The van der Waals surface area contributed by atoms with Crippen LogP contribution in [-0.4, -0.2) is 11.7 Å². The zero-order valence-corrected chi connectivity index (χ0v) is 14.2. The molecule has 0 heterocycles. The van der Waals surface area contributed by atoms with Crippen molar-refractivity contribution in [3.63, 3.8) is 0 Å². The van der Waals surface area contributed by atoms with Crippen LogP contribution >= 0.6 is 0 Å². The molecule has 3 aromatic carbocycles. The molecule has 0 atom stereocenters. The second kappa shape index (κ2) is 8.19. The summed E-state index contributed by atoms with van der Waals surface area (Å²) in [5.41, 5.74) is 1.06. The van der Waals surface area contributed by atoms with Gasteiger partial charge in [-0.1, -0.05) is 30.3 Å². The Morgan fingerprint density at radius 1 is 0.778 bits per heavy atom. The molecule has 0 aliphatic rings. The Labute approximate surface area is 155 Å². The molecule has 0 spiro atoms. The van der Waals surface area contributed by atoms with E-state index in [9.17, 15) is 18.4 Å². The molecule has 1 amide bonds. The van der Waals surface area contributed by atoms with Crippen molar-refractivity contribution in [2.45, 2.75) is 0 Å². The number of anilines is 1. The number of rotatable bonds is 5. The van der Waals surface area contributed by atoms with Crippen molar-refractivity contribution in [3.05, 3.63) is 107 Å². The van der Waals surface area contributed by atoms with Gasteiger partial charge in [-0.15, -0.1) is 0 Å². The minimum absolute atomic E-state index is 0.0644. The number of allylic oxidation sites excluding steroid dienone is 1. The summed E-state index contributed by atoms with van der Waals surface area (Å²) >= 11 is 0. The summed E-state index contributed by atoms with van der Waals surface area (Å²) in [6.07, 6.45) is 2.69. The van der Waals surface area contributed by atoms with Crippen LogP contribution in [0.3, 0.4) is 0 Å². The van der Waals surface area contributed by atoms with Crippen molar-refractivity contribution in [2.75, 3.05) is 5.32 Å². The largest absolute Gasteiger partial charge is 0.322 e. The van der Waals surface area contributed by atoms with Crippen LogP contribution in [-0.2, 0) is 0 Å². The fourth-order valence-corrected chi connectivity index (χ4v) is 2.43. The van der Waals surface area contributed by atoms with Gasteiger partial charge in [0.2, 0.25) is 0 Å². The van der Waals surface area contributed by atoms with Gasteiger partial charge in [-0.2, -0.15) is 0 Å². The molecule has 0 radical (unpaired) electrons. The van der Waals surface area contributed by atoms with E-state index < -0.39 is 17.5 Å². The Morgan fingerprint density at radius 3 is 2.07 bits per heavy atom. The van der Waals surface area contributed by atoms with Crippen molar-refractivity contribution in [1.29, 1.82) is 0 Å². The number of nitrogens with one attached hydrogen (secondary N) is 1. The predicted octanol–water partition coefficient (Wildman–Crippen LogP) is 5.11. The van der Waals surface area contributed by atoms with E-state index in [0.717, 1.165) is 0 Å². The van der Waals surface area contributed by atoms with E-state index in [-0.39, 0.29) is 11.3 Å². The number of ketones is 1. The molecule has 0 aliphatic carbocycles. The number of carbonyl (C=O) groups excluding carboxylic acids is 2. The van der Waals surface area contributed by atoms with E-state index in [2.05, 4.69) is 5.32 Å². The predicted molar refractivity (Wildman–Crippen MR) is 101 cm³/mol. The topological polar surface area (TPSA) is 46.2 Å². The van der Waals surface area contributed by atoms with E-state index in [4.69, 9.17) is 0 Å². The first-order chi connectivity index (χ1) is 13.0. The SMILES string of the molecule is O=C(/C=C/c1ccccc1F)c1ccc(NC(=O)c2ccccc2F)cc1. The summed E-state index contributed by atoms with van der Waals surface area (Å²) in [6, 6.07) is 18.0. The van der Waals surface area contributed by atoms with Gasteiger partial charge < -0.3 is 5.32 Å². The lowest BCUT2D eigenvalue weighted by molar-refractivity contribution is 0.102. The Morgan fingerprint density at radius 2 is 1.41 bits per heavy atom. The third-order valence-corrected chi connectivity index (χ3v) is 3.87. The lowest BCUT2D eigenvalue weighted by atomic mass is 10.1. The number of halogens is 2. The highest BCUT2D eigenvalue weighted by Crippen LogP contribution is 2.15. The third kappa shape index (κ3) is 4.52. The van der Waals surface area contributed by atoms with Gasteiger partial charge in [0.05, 0.1) is 5.56 Å². The van der Waals surface area contributed by atoms with Crippen molar-refractivity contribution in [1.82, 2.24) is 0 Å². The monoisotopic (exact) mass is 363 g/mol. The van der Waals surface area contributed by atoms with Gasteiger partial charge in [0.15, 0.2) is 5.78 Å². The first-order valence-electron chi connectivity index (χ1n) is 8.17. The second-order valence-corrected chi connectivity index (χ2v) is 5.73. The van der Waals surface area contributed by atoms with Gasteiger partial charge in [-0.3, -0.25) is 9.59 Å². The van der Waals surface area contributed by atoms with E-state index in [1.807, 2.05) is 0 Å². The molecule has 5 heteroatoms. The standard InChI is InChI=1S/C22H15F2NO2/c23-19-7-3-1-5-15(19)11-14-21(26)16-9-12-17(13-10-16)25-22(27)18-6-2-4-8-20(18)24/h1-14H,(H,25,27)/b14-11+. The van der Waals surface area contributed by atoms with Gasteiger partial charge in [0, 0.05) is 16.8 Å².